The van der Waals surface area contributed by atoms with E-state index >= 15 is 0 Å². The van der Waals surface area contributed by atoms with Gasteiger partial charge in [0.1, 0.15) is 11.9 Å². The van der Waals surface area contributed by atoms with Gasteiger partial charge in [0.2, 0.25) is 11.8 Å². The van der Waals surface area contributed by atoms with Gasteiger partial charge in [-0.1, -0.05) is 6.07 Å². The van der Waals surface area contributed by atoms with Gasteiger partial charge in [0.15, 0.2) is 11.5 Å². The van der Waals surface area contributed by atoms with Crippen LogP contribution in [0, 0.1) is 0 Å². The van der Waals surface area contributed by atoms with Gasteiger partial charge in [-0.25, -0.2) is 4.68 Å². The fourth-order valence-corrected chi connectivity index (χ4v) is 3.91. The molecule has 0 saturated carbocycles. The van der Waals surface area contributed by atoms with Crippen molar-refractivity contribution in [3.8, 4) is 22.8 Å². The van der Waals surface area contributed by atoms with Gasteiger partial charge in [-0.3, -0.25) is 9.59 Å². The van der Waals surface area contributed by atoms with Gasteiger partial charge in [-0.05, 0) is 42.7 Å². The molecule has 4 rings (SSSR count). The Morgan fingerprint density at radius 2 is 1.97 bits per heavy atom. The Labute approximate surface area is 183 Å². The van der Waals surface area contributed by atoms with E-state index in [9.17, 15) is 9.59 Å². The maximum Gasteiger partial charge on any atom is 0.249 e. The summed E-state index contributed by atoms with van der Waals surface area (Å²) in [7, 11) is 3.13. The summed E-state index contributed by atoms with van der Waals surface area (Å²) < 4.78 is 12.2. The van der Waals surface area contributed by atoms with Gasteiger partial charge >= 0.3 is 0 Å². The van der Waals surface area contributed by atoms with Crippen molar-refractivity contribution < 1.29 is 19.1 Å². The molecule has 0 saturated heterocycles. The first-order chi connectivity index (χ1) is 15.0. The molecule has 2 amide bonds. The van der Waals surface area contributed by atoms with Crippen LogP contribution in [0.3, 0.4) is 0 Å². The number of anilines is 2. The Bertz CT molecular complexity index is 1140. The van der Waals surface area contributed by atoms with Crippen molar-refractivity contribution in [3.05, 3.63) is 48.5 Å². The van der Waals surface area contributed by atoms with Crippen LogP contribution in [0.4, 0.5) is 11.5 Å². The second-order valence-electron chi connectivity index (χ2n) is 6.92. The Balaban J connectivity index is 1.64. The number of thioether (sulfide) groups is 1. The van der Waals surface area contributed by atoms with Crippen LogP contribution in [0.5, 0.6) is 11.5 Å². The fourth-order valence-electron chi connectivity index (χ4n) is 3.45. The Kier molecular flexibility index (Phi) is 5.85. The zero-order chi connectivity index (χ0) is 22.0. The number of amides is 2. The standard InChI is InChI=1S/C22H22N4O4S/c1-29-18-8-7-13(9-19(18)30-2)16-11-20-24-21(27)12-17(26(20)25-16)22(28)23-14-5-4-6-15(10-14)31-3/h4-11,17H,12H2,1-3H3,(H,23,28)(H,24,27). The minimum atomic E-state index is -0.754. The summed E-state index contributed by atoms with van der Waals surface area (Å²) in [6.45, 7) is 0. The molecule has 8 nitrogen and oxygen atoms in total. The lowest BCUT2D eigenvalue weighted by molar-refractivity contribution is -0.125. The molecule has 2 heterocycles. The molecule has 1 atom stereocenters. The number of nitrogens with zero attached hydrogens (tertiary/aromatic N) is 2. The first-order valence-electron chi connectivity index (χ1n) is 9.59. The molecule has 1 aliphatic rings. The van der Waals surface area contributed by atoms with Gasteiger partial charge in [-0.2, -0.15) is 5.10 Å². The molecule has 1 aromatic heterocycles. The second kappa shape index (κ2) is 8.73. The van der Waals surface area contributed by atoms with Crippen LogP contribution >= 0.6 is 11.8 Å². The number of methoxy groups -OCH3 is 2. The highest BCUT2D eigenvalue weighted by molar-refractivity contribution is 7.98. The van der Waals surface area contributed by atoms with E-state index in [0.717, 1.165) is 10.5 Å². The topological polar surface area (TPSA) is 94.5 Å². The van der Waals surface area contributed by atoms with Crippen molar-refractivity contribution in [1.29, 1.82) is 0 Å². The molecule has 3 aromatic rings. The fraction of sp³-hybridized carbons (Fsp3) is 0.227. The van der Waals surface area contributed by atoms with Crippen LogP contribution in [-0.2, 0) is 9.59 Å². The van der Waals surface area contributed by atoms with Crippen LogP contribution in [-0.4, -0.2) is 42.1 Å². The number of fused-ring (bicyclic) bond motifs is 1. The highest BCUT2D eigenvalue weighted by Crippen LogP contribution is 2.35. The number of ether oxygens (including phenoxy) is 2. The summed E-state index contributed by atoms with van der Waals surface area (Å²) in [5.41, 5.74) is 2.07. The Morgan fingerprint density at radius 1 is 1.16 bits per heavy atom. The average Bonchev–Trinajstić information content (AvgIpc) is 3.21. The van der Waals surface area contributed by atoms with Crippen molar-refractivity contribution in [2.75, 3.05) is 31.1 Å². The van der Waals surface area contributed by atoms with Crippen molar-refractivity contribution >= 4 is 35.1 Å². The first kappa shape index (κ1) is 20.8. The summed E-state index contributed by atoms with van der Waals surface area (Å²) in [4.78, 5) is 26.3. The number of carbonyl (C=O) groups is 2. The molecule has 2 aromatic carbocycles. The van der Waals surface area contributed by atoms with Crippen LogP contribution in [0.15, 0.2) is 53.4 Å². The predicted molar refractivity (Wildman–Crippen MR) is 120 cm³/mol. The molecule has 9 heteroatoms. The lowest BCUT2D eigenvalue weighted by atomic mass is 10.1. The summed E-state index contributed by atoms with van der Waals surface area (Å²) in [5, 5.41) is 10.3. The molecule has 2 N–H and O–H groups in total. The van der Waals surface area contributed by atoms with Gasteiger partial charge in [-0.15, -0.1) is 11.8 Å². The van der Waals surface area contributed by atoms with Crippen LogP contribution in [0.1, 0.15) is 12.5 Å². The second-order valence-corrected chi connectivity index (χ2v) is 7.80. The summed E-state index contributed by atoms with van der Waals surface area (Å²) in [6, 6.07) is 14.0. The monoisotopic (exact) mass is 438 g/mol. The highest BCUT2D eigenvalue weighted by Gasteiger charge is 2.32. The Morgan fingerprint density at radius 3 is 2.71 bits per heavy atom. The minimum Gasteiger partial charge on any atom is -0.493 e. The summed E-state index contributed by atoms with van der Waals surface area (Å²) in [5.74, 6) is 1.12. The number of benzene rings is 2. The molecule has 0 aliphatic carbocycles. The molecule has 1 aliphatic heterocycles. The molecular weight excluding hydrogens is 416 g/mol. The van der Waals surface area contributed by atoms with E-state index in [2.05, 4.69) is 15.7 Å². The largest absolute Gasteiger partial charge is 0.493 e. The lowest BCUT2D eigenvalue weighted by Gasteiger charge is -2.23. The quantitative estimate of drug-likeness (QED) is 0.569. The van der Waals surface area contributed by atoms with Crippen LogP contribution in [0.25, 0.3) is 11.3 Å². The SMILES string of the molecule is COc1ccc(-c2cc3n(n2)C(C(=O)Nc2cccc(SC)c2)CC(=O)N3)cc1OC. The highest BCUT2D eigenvalue weighted by atomic mass is 32.2. The summed E-state index contributed by atoms with van der Waals surface area (Å²) >= 11 is 1.59. The number of aromatic nitrogens is 2. The van der Waals surface area contributed by atoms with E-state index < -0.39 is 6.04 Å². The van der Waals surface area contributed by atoms with Crippen LogP contribution in [0.2, 0.25) is 0 Å². The first-order valence-corrected chi connectivity index (χ1v) is 10.8. The zero-order valence-electron chi connectivity index (χ0n) is 17.3. The van der Waals surface area contributed by atoms with E-state index in [0.29, 0.717) is 28.7 Å². The molecule has 31 heavy (non-hydrogen) atoms. The third-order valence-electron chi connectivity index (χ3n) is 5.00. The molecular formula is C22H22N4O4S. The van der Waals surface area contributed by atoms with Gasteiger partial charge < -0.3 is 20.1 Å². The zero-order valence-corrected chi connectivity index (χ0v) is 18.2. The van der Waals surface area contributed by atoms with Crippen molar-refractivity contribution in [2.45, 2.75) is 17.4 Å². The van der Waals surface area contributed by atoms with E-state index in [1.54, 1.807) is 48.9 Å². The van der Waals surface area contributed by atoms with E-state index in [4.69, 9.17) is 9.47 Å². The molecule has 0 bridgehead atoms. The normalized spacial score (nSPS) is 15.1. The molecule has 160 valence electrons. The van der Waals surface area contributed by atoms with E-state index in [1.165, 1.54) is 0 Å². The number of hydrogen-bond donors (Lipinski definition) is 2. The van der Waals surface area contributed by atoms with E-state index in [-0.39, 0.29) is 18.2 Å². The maximum absolute atomic E-state index is 13.0. The van der Waals surface area contributed by atoms with Gasteiger partial charge in [0.25, 0.3) is 0 Å². The van der Waals surface area contributed by atoms with Gasteiger partial charge in [0.05, 0.1) is 26.3 Å². The van der Waals surface area contributed by atoms with Crippen molar-refractivity contribution in [2.24, 2.45) is 0 Å². The maximum atomic E-state index is 13.0. The average molecular weight is 439 g/mol. The minimum absolute atomic E-state index is 0.00804. The smallest absolute Gasteiger partial charge is 0.249 e. The van der Waals surface area contributed by atoms with Crippen molar-refractivity contribution in [1.82, 2.24) is 9.78 Å². The lowest BCUT2D eigenvalue weighted by Crippen LogP contribution is -2.35. The predicted octanol–water partition coefficient (Wildman–Crippen LogP) is 3.81. The van der Waals surface area contributed by atoms with Crippen LogP contribution < -0.4 is 20.1 Å². The molecule has 1 unspecified atom stereocenters. The molecule has 0 spiro atoms. The third kappa shape index (κ3) is 4.22. The van der Waals surface area contributed by atoms with E-state index in [1.807, 2.05) is 36.6 Å². The number of rotatable bonds is 6. The number of carbonyl (C=O) groups excluding carboxylic acids is 2. The van der Waals surface area contributed by atoms with Crippen molar-refractivity contribution in [3.63, 3.8) is 0 Å². The molecule has 0 fully saturated rings. The number of nitrogens with one attached hydrogen (secondary N) is 2. The Hall–Kier alpha value is -3.46. The third-order valence-corrected chi connectivity index (χ3v) is 5.72. The number of hydrogen-bond acceptors (Lipinski definition) is 6. The van der Waals surface area contributed by atoms with Gasteiger partial charge in [0, 0.05) is 22.2 Å². The summed E-state index contributed by atoms with van der Waals surface area (Å²) in [6.07, 6.45) is 1.98. The molecule has 0 radical (unpaired) electrons.